The Balaban J connectivity index is 0.00000112. The third-order valence-corrected chi connectivity index (χ3v) is 2.54. The number of hydrogen-bond acceptors (Lipinski definition) is 2. The van der Waals surface area contributed by atoms with Gasteiger partial charge in [0.15, 0.2) is 0 Å². The van der Waals surface area contributed by atoms with Crippen molar-refractivity contribution in [3.63, 3.8) is 0 Å². The first-order valence-corrected chi connectivity index (χ1v) is 5.23. The lowest BCUT2D eigenvalue weighted by molar-refractivity contribution is -0.0228. The molecule has 1 aromatic rings. The second-order valence-corrected chi connectivity index (χ2v) is 4.03. The van der Waals surface area contributed by atoms with Crippen LogP contribution in [0.25, 0.3) is 0 Å². The van der Waals surface area contributed by atoms with Gasteiger partial charge in [-0.3, -0.25) is 5.32 Å². The highest BCUT2D eigenvalue weighted by Gasteiger charge is 2.17. The van der Waals surface area contributed by atoms with Crippen LogP contribution in [0.5, 0.6) is 0 Å². The third kappa shape index (κ3) is 3.82. The second kappa shape index (κ2) is 6.11. The van der Waals surface area contributed by atoms with E-state index in [2.05, 4.69) is 36.5 Å². The Morgan fingerprint density at radius 1 is 1.33 bits per heavy atom. The first-order valence-electron chi connectivity index (χ1n) is 5.23. The van der Waals surface area contributed by atoms with E-state index in [-0.39, 0.29) is 18.6 Å². The largest absolute Gasteiger partial charge is 0.363 e. The minimum atomic E-state index is 0. The van der Waals surface area contributed by atoms with Crippen molar-refractivity contribution in [1.82, 2.24) is 5.32 Å². The van der Waals surface area contributed by atoms with Gasteiger partial charge in [-0.15, -0.1) is 12.4 Å². The summed E-state index contributed by atoms with van der Waals surface area (Å²) >= 11 is 0. The molecular formula is C12H18ClNO. The van der Waals surface area contributed by atoms with Gasteiger partial charge in [-0.1, -0.05) is 37.3 Å². The van der Waals surface area contributed by atoms with E-state index in [9.17, 15) is 0 Å². The number of ether oxygens (including phenoxy) is 1. The van der Waals surface area contributed by atoms with E-state index in [1.807, 2.05) is 6.07 Å². The zero-order valence-electron chi connectivity index (χ0n) is 8.98. The monoisotopic (exact) mass is 227 g/mol. The van der Waals surface area contributed by atoms with Gasteiger partial charge in [-0.25, -0.2) is 0 Å². The number of halogens is 1. The summed E-state index contributed by atoms with van der Waals surface area (Å²) < 4.78 is 5.68. The highest BCUT2D eigenvalue weighted by Crippen LogP contribution is 2.09. The minimum absolute atomic E-state index is 0. The van der Waals surface area contributed by atoms with Crippen molar-refractivity contribution >= 4 is 12.4 Å². The molecule has 0 aliphatic carbocycles. The van der Waals surface area contributed by atoms with E-state index in [1.54, 1.807) is 0 Å². The van der Waals surface area contributed by atoms with E-state index in [1.165, 1.54) is 5.56 Å². The molecule has 1 aliphatic heterocycles. The fraction of sp³-hybridized carbons (Fsp3) is 0.500. The maximum absolute atomic E-state index is 5.68. The van der Waals surface area contributed by atoms with Crippen LogP contribution in [0.15, 0.2) is 30.3 Å². The van der Waals surface area contributed by atoms with Gasteiger partial charge in [0.05, 0.1) is 6.61 Å². The average molecular weight is 228 g/mol. The number of hydrogen-bond donors (Lipinski definition) is 1. The first-order chi connectivity index (χ1) is 6.84. The Hall–Kier alpha value is -0.570. The summed E-state index contributed by atoms with van der Waals surface area (Å²) in [6.45, 7) is 4.15. The van der Waals surface area contributed by atoms with Crippen LogP contribution in [-0.4, -0.2) is 19.4 Å². The van der Waals surface area contributed by atoms with Gasteiger partial charge < -0.3 is 4.74 Å². The van der Waals surface area contributed by atoms with Gasteiger partial charge in [0.25, 0.3) is 0 Å². The molecule has 0 saturated carbocycles. The van der Waals surface area contributed by atoms with Crippen LogP contribution in [0.3, 0.4) is 0 Å². The molecule has 1 fully saturated rings. The van der Waals surface area contributed by atoms with E-state index in [0.29, 0.717) is 5.92 Å². The van der Waals surface area contributed by atoms with Crippen molar-refractivity contribution in [2.45, 2.75) is 19.6 Å². The fourth-order valence-electron chi connectivity index (χ4n) is 1.69. The summed E-state index contributed by atoms with van der Waals surface area (Å²) in [5.41, 5.74) is 1.33. The molecule has 1 aromatic carbocycles. The third-order valence-electron chi connectivity index (χ3n) is 2.54. The number of rotatable bonds is 2. The molecule has 84 valence electrons. The highest BCUT2D eigenvalue weighted by atomic mass is 35.5. The van der Waals surface area contributed by atoms with Crippen molar-refractivity contribution in [3.8, 4) is 0 Å². The van der Waals surface area contributed by atoms with Crippen LogP contribution in [0, 0.1) is 5.92 Å². The van der Waals surface area contributed by atoms with Crippen LogP contribution in [0.4, 0.5) is 0 Å². The number of nitrogens with one attached hydrogen (secondary N) is 1. The molecule has 1 saturated heterocycles. The van der Waals surface area contributed by atoms with E-state index >= 15 is 0 Å². The smallest absolute Gasteiger partial charge is 0.112 e. The van der Waals surface area contributed by atoms with Crippen LogP contribution in [0.2, 0.25) is 0 Å². The summed E-state index contributed by atoms with van der Waals surface area (Å²) in [5.74, 6) is 0.641. The van der Waals surface area contributed by atoms with Gasteiger partial charge in [0, 0.05) is 13.0 Å². The molecule has 0 amide bonds. The molecule has 0 bridgehead atoms. The Morgan fingerprint density at radius 3 is 2.67 bits per heavy atom. The lowest BCUT2D eigenvalue weighted by Gasteiger charge is -2.28. The van der Waals surface area contributed by atoms with Crippen LogP contribution in [0.1, 0.15) is 12.5 Å². The minimum Gasteiger partial charge on any atom is -0.363 e. The highest BCUT2D eigenvalue weighted by molar-refractivity contribution is 5.85. The summed E-state index contributed by atoms with van der Waals surface area (Å²) in [7, 11) is 0. The van der Waals surface area contributed by atoms with Crippen LogP contribution in [-0.2, 0) is 11.2 Å². The topological polar surface area (TPSA) is 21.3 Å². The molecule has 2 nitrogen and oxygen atoms in total. The lowest BCUT2D eigenvalue weighted by Crippen LogP contribution is -2.43. The zero-order chi connectivity index (χ0) is 9.80. The quantitative estimate of drug-likeness (QED) is 0.837. The van der Waals surface area contributed by atoms with Crippen molar-refractivity contribution in [2.24, 2.45) is 5.92 Å². The predicted octanol–water partition coefficient (Wildman–Crippen LogP) is 2.23. The molecule has 0 spiro atoms. The summed E-state index contributed by atoms with van der Waals surface area (Å²) in [6.07, 6.45) is 1.17. The second-order valence-electron chi connectivity index (χ2n) is 4.03. The normalized spacial score (nSPS) is 25.7. The summed E-state index contributed by atoms with van der Waals surface area (Å²) in [5, 5.41) is 3.40. The molecule has 1 N–H and O–H groups in total. The SMILES string of the molecule is CC1CNC(Cc2ccccc2)OC1.Cl. The molecule has 1 heterocycles. The van der Waals surface area contributed by atoms with E-state index < -0.39 is 0 Å². The van der Waals surface area contributed by atoms with Gasteiger partial charge in [-0.05, 0) is 11.5 Å². The molecule has 2 atom stereocenters. The van der Waals surface area contributed by atoms with Crippen molar-refractivity contribution in [2.75, 3.05) is 13.2 Å². The maximum atomic E-state index is 5.68. The summed E-state index contributed by atoms with van der Waals surface area (Å²) in [4.78, 5) is 0. The molecule has 0 aromatic heterocycles. The van der Waals surface area contributed by atoms with E-state index in [0.717, 1.165) is 19.6 Å². The Kier molecular flexibility index (Phi) is 5.09. The predicted molar refractivity (Wildman–Crippen MR) is 64.3 cm³/mol. The molecule has 1 aliphatic rings. The van der Waals surface area contributed by atoms with Crippen molar-refractivity contribution < 1.29 is 4.74 Å². The molecular weight excluding hydrogens is 210 g/mol. The standard InChI is InChI=1S/C12H17NO.ClH/c1-10-8-13-12(14-9-10)7-11-5-3-2-4-6-11;/h2-6,10,12-13H,7-9H2,1H3;1H. The van der Waals surface area contributed by atoms with Crippen molar-refractivity contribution in [1.29, 1.82) is 0 Å². The Bertz CT molecular complexity index is 270. The lowest BCUT2D eigenvalue weighted by atomic mass is 10.1. The molecule has 2 unspecified atom stereocenters. The van der Waals surface area contributed by atoms with Crippen molar-refractivity contribution in [3.05, 3.63) is 35.9 Å². The maximum Gasteiger partial charge on any atom is 0.112 e. The molecule has 3 heteroatoms. The van der Waals surface area contributed by atoms with Gasteiger partial charge in [0.2, 0.25) is 0 Å². The molecule has 15 heavy (non-hydrogen) atoms. The van der Waals surface area contributed by atoms with E-state index in [4.69, 9.17) is 4.74 Å². The molecule has 0 radical (unpaired) electrons. The summed E-state index contributed by atoms with van der Waals surface area (Å²) in [6, 6.07) is 10.5. The fourth-order valence-corrected chi connectivity index (χ4v) is 1.69. The Morgan fingerprint density at radius 2 is 2.07 bits per heavy atom. The van der Waals surface area contributed by atoms with Crippen LogP contribution < -0.4 is 5.32 Å². The van der Waals surface area contributed by atoms with Gasteiger partial charge in [-0.2, -0.15) is 0 Å². The van der Waals surface area contributed by atoms with Gasteiger partial charge in [0.1, 0.15) is 6.23 Å². The Labute approximate surface area is 97.4 Å². The van der Waals surface area contributed by atoms with Gasteiger partial charge >= 0.3 is 0 Å². The first kappa shape index (κ1) is 12.5. The molecule has 2 rings (SSSR count). The zero-order valence-corrected chi connectivity index (χ0v) is 9.80. The number of benzene rings is 1. The average Bonchev–Trinajstić information content (AvgIpc) is 2.23. The van der Waals surface area contributed by atoms with Crippen LogP contribution >= 0.6 is 12.4 Å².